The first-order valence-electron chi connectivity index (χ1n) is 18.9. The van der Waals surface area contributed by atoms with Crippen LogP contribution in [-0.4, -0.2) is 0 Å². The van der Waals surface area contributed by atoms with Crippen LogP contribution in [-0.2, 0) is 38.5 Å². The summed E-state index contributed by atoms with van der Waals surface area (Å²) in [5.41, 5.74) is 25.3. The molecule has 0 fully saturated rings. The summed E-state index contributed by atoms with van der Waals surface area (Å²) >= 11 is 0. The van der Waals surface area contributed by atoms with Crippen molar-refractivity contribution in [3.8, 4) is 0 Å². The number of aryl methyl sites for hydroxylation is 4. The highest BCUT2D eigenvalue weighted by Crippen LogP contribution is 2.23. The molecule has 0 amide bonds. The van der Waals surface area contributed by atoms with Crippen molar-refractivity contribution < 1.29 is 0 Å². The SMILES string of the molecule is CCCCc1cc(CCCCCCCCCCCc2ccc(Cc3ccc(N)cc3)c(CCCC)c2)ccc1Cc1ccc(N)cc1. The fraction of sp³-hybridized carbons (Fsp3) is 0.467. The summed E-state index contributed by atoms with van der Waals surface area (Å²) in [4.78, 5) is 0. The average molecular weight is 631 g/mol. The van der Waals surface area contributed by atoms with Crippen molar-refractivity contribution in [2.24, 2.45) is 0 Å². The summed E-state index contributed by atoms with van der Waals surface area (Å²) in [6.45, 7) is 4.58. The van der Waals surface area contributed by atoms with Gasteiger partial charge in [0.05, 0.1) is 0 Å². The zero-order valence-electron chi connectivity index (χ0n) is 29.7. The Hall–Kier alpha value is -3.52. The van der Waals surface area contributed by atoms with Crippen LogP contribution in [0, 0.1) is 0 Å². The highest BCUT2D eigenvalue weighted by Gasteiger charge is 2.08. The van der Waals surface area contributed by atoms with Crippen molar-refractivity contribution in [1.29, 1.82) is 0 Å². The predicted molar refractivity (Wildman–Crippen MR) is 206 cm³/mol. The van der Waals surface area contributed by atoms with Gasteiger partial charge in [0.25, 0.3) is 0 Å². The summed E-state index contributed by atoms with van der Waals surface area (Å²) in [5, 5.41) is 0. The number of nitrogens with two attached hydrogens (primary N) is 2. The monoisotopic (exact) mass is 630 g/mol. The minimum Gasteiger partial charge on any atom is -0.399 e. The van der Waals surface area contributed by atoms with Crippen LogP contribution in [0.3, 0.4) is 0 Å². The lowest BCUT2D eigenvalue weighted by atomic mass is 9.93. The maximum absolute atomic E-state index is 5.90. The fourth-order valence-electron chi connectivity index (χ4n) is 6.82. The number of nitrogen functional groups attached to an aromatic ring is 2. The van der Waals surface area contributed by atoms with Crippen molar-refractivity contribution in [3.05, 3.63) is 129 Å². The number of unbranched alkanes of at least 4 members (excludes halogenated alkanes) is 10. The van der Waals surface area contributed by atoms with Crippen LogP contribution in [0.2, 0.25) is 0 Å². The van der Waals surface area contributed by atoms with Crippen molar-refractivity contribution in [3.63, 3.8) is 0 Å². The molecule has 2 nitrogen and oxygen atoms in total. The van der Waals surface area contributed by atoms with Crippen molar-refractivity contribution >= 4 is 11.4 Å². The number of hydrogen-bond acceptors (Lipinski definition) is 2. The Bertz CT molecular complexity index is 1320. The molecule has 252 valence electrons. The summed E-state index contributed by atoms with van der Waals surface area (Å²) in [5.74, 6) is 0. The third kappa shape index (κ3) is 13.3. The summed E-state index contributed by atoms with van der Waals surface area (Å²) in [7, 11) is 0. The maximum atomic E-state index is 5.90. The third-order valence-corrected chi connectivity index (χ3v) is 9.82. The Morgan fingerprint density at radius 1 is 0.340 bits per heavy atom. The van der Waals surface area contributed by atoms with Gasteiger partial charge in [-0.15, -0.1) is 0 Å². The second-order valence-electron chi connectivity index (χ2n) is 13.9. The number of rotatable bonds is 22. The minimum absolute atomic E-state index is 0.839. The molecule has 0 spiro atoms. The van der Waals surface area contributed by atoms with E-state index in [1.807, 2.05) is 24.3 Å². The number of benzene rings is 4. The molecule has 0 aromatic heterocycles. The molecule has 4 rings (SSSR count). The molecule has 0 radical (unpaired) electrons. The van der Waals surface area contributed by atoms with Gasteiger partial charge in [-0.25, -0.2) is 0 Å². The van der Waals surface area contributed by atoms with E-state index in [0.29, 0.717) is 0 Å². The topological polar surface area (TPSA) is 52.0 Å². The van der Waals surface area contributed by atoms with E-state index in [1.165, 1.54) is 143 Å². The van der Waals surface area contributed by atoms with Crippen LogP contribution in [0.25, 0.3) is 0 Å². The van der Waals surface area contributed by atoms with E-state index >= 15 is 0 Å². The lowest BCUT2D eigenvalue weighted by Gasteiger charge is -2.13. The molecule has 0 saturated carbocycles. The fourth-order valence-corrected chi connectivity index (χ4v) is 6.82. The van der Waals surface area contributed by atoms with E-state index in [1.54, 1.807) is 11.1 Å². The van der Waals surface area contributed by atoms with E-state index < -0.39 is 0 Å². The highest BCUT2D eigenvalue weighted by molar-refractivity contribution is 5.43. The zero-order valence-corrected chi connectivity index (χ0v) is 29.7. The Labute approximate surface area is 287 Å². The van der Waals surface area contributed by atoms with Crippen LogP contribution in [0.5, 0.6) is 0 Å². The van der Waals surface area contributed by atoms with Gasteiger partial charge in [-0.2, -0.15) is 0 Å². The largest absolute Gasteiger partial charge is 0.399 e. The molecule has 0 bridgehead atoms. The summed E-state index contributed by atoms with van der Waals surface area (Å²) in [6.07, 6.45) is 24.0. The average Bonchev–Trinajstić information content (AvgIpc) is 3.08. The van der Waals surface area contributed by atoms with Gasteiger partial charge in [-0.3, -0.25) is 0 Å². The standard InChI is InChI=1S/C45H62N2/c1-3-5-18-40-32-36(20-26-42(40)34-38-22-28-44(46)29-23-38)16-14-12-10-8-7-9-11-13-15-17-37-21-27-43(41(33-37)19-6-4-2)35-39-24-30-45(47)31-25-39/h20-33H,3-19,34-35,46-47H2,1-2H3. The molecule has 47 heavy (non-hydrogen) atoms. The Morgan fingerprint density at radius 3 is 1.04 bits per heavy atom. The molecule has 0 atom stereocenters. The summed E-state index contributed by atoms with van der Waals surface area (Å²) in [6, 6.07) is 31.3. The summed E-state index contributed by atoms with van der Waals surface area (Å²) < 4.78 is 0. The quantitative estimate of drug-likeness (QED) is 0.0670. The van der Waals surface area contributed by atoms with Crippen LogP contribution >= 0.6 is 0 Å². The van der Waals surface area contributed by atoms with E-state index in [-0.39, 0.29) is 0 Å². The first kappa shape index (κ1) is 36.3. The van der Waals surface area contributed by atoms with E-state index in [2.05, 4.69) is 74.5 Å². The predicted octanol–water partition coefficient (Wildman–Crippen LogP) is 12.0. The lowest BCUT2D eigenvalue weighted by molar-refractivity contribution is 0.558. The minimum atomic E-state index is 0.839. The van der Waals surface area contributed by atoms with Crippen molar-refractivity contribution in [2.45, 2.75) is 136 Å². The van der Waals surface area contributed by atoms with Gasteiger partial charge in [-0.05, 0) is 133 Å². The smallest absolute Gasteiger partial charge is 0.0314 e. The second-order valence-corrected chi connectivity index (χ2v) is 13.9. The van der Waals surface area contributed by atoms with Crippen LogP contribution in [0.4, 0.5) is 11.4 Å². The molecule has 0 aliphatic heterocycles. The van der Waals surface area contributed by atoms with Crippen LogP contribution in [0.15, 0.2) is 84.9 Å². The first-order chi connectivity index (χ1) is 23.0. The molecule has 4 N–H and O–H groups in total. The van der Waals surface area contributed by atoms with Crippen molar-refractivity contribution in [1.82, 2.24) is 0 Å². The van der Waals surface area contributed by atoms with Gasteiger partial charge in [-0.1, -0.05) is 132 Å². The highest BCUT2D eigenvalue weighted by atomic mass is 14.5. The molecule has 0 heterocycles. The van der Waals surface area contributed by atoms with Crippen LogP contribution < -0.4 is 11.5 Å². The molecule has 2 heteroatoms. The van der Waals surface area contributed by atoms with Crippen LogP contribution in [0.1, 0.15) is 142 Å². The van der Waals surface area contributed by atoms with E-state index in [4.69, 9.17) is 11.5 Å². The Morgan fingerprint density at radius 2 is 0.681 bits per heavy atom. The Kier molecular flexibility index (Phi) is 16.0. The van der Waals surface area contributed by atoms with E-state index in [0.717, 1.165) is 24.2 Å². The molecule has 4 aromatic rings. The van der Waals surface area contributed by atoms with Crippen molar-refractivity contribution in [2.75, 3.05) is 11.5 Å². The van der Waals surface area contributed by atoms with Gasteiger partial charge in [0.1, 0.15) is 0 Å². The third-order valence-electron chi connectivity index (χ3n) is 9.82. The van der Waals surface area contributed by atoms with Gasteiger partial charge in [0, 0.05) is 11.4 Å². The van der Waals surface area contributed by atoms with Gasteiger partial charge >= 0.3 is 0 Å². The molecule has 0 aliphatic carbocycles. The second kappa shape index (κ2) is 20.7. The van der Waals surface area contributed by atoms with Gasteiger partial charge in [0.2, 0.25) is 0 Å². The molecule has 4 aromatic carbocycles. The zero-order chi connectivity index (χ0) is 33.1. The van der Waals surface area contributed by atoms with Gasteiger partial charge in [0.15, 0.2) is 0 Å². The maximum Gasteiger partial charge on any atom is 0.0314 e. The number of hydrogen-bond donors (Lipinski definition) is 2. The molecule has 0 unspecified atom stereocenters. The lowest BCUT2D eigenvalue weighted by Crippen LogP contribution is -1.99. The molecule has 0 saturated heterocycles. The normalized spacial score (nSPS) is 11.3. The Balaban J connectivity index is 1.09. The first-order valence-corrected chi connectivity index (χ1v) is 18.9. The molecular weight excluding hydrogens is 569 g/mol. The van der Waals surface area contributed by atoms with Gasteiger partial charge < -0.3 is 11.5 Å². The number of anilines is 2. The molecular formula is C45H62N2. The molecule has 0 aliphatic rings. The van der Waals surface area contributed by atoms with E-state index in [9.17, 15) is 0 Å².